The highest BCUT2D eigenvalue weighted by Crippen LogP contribution is 2.20. The van der Waals surface area contributed by atoms with Gasteiger partial charge in [0, 0.05) is 23.5 Å². The van der Waals surface area contributed by atoms with Gasteiger partial charge in [-0.1, -0.05) is 18.2 Å². The number of carbonyl (C=O) groups is 1. The number of imidazole rings is 1. The Balaban J connectivity index is 1.98. The molecule has 6 heteroatoms. The van der Waals surface area contributed by atoms with E-state index < -0.39 is 0 Å². The van der Waals surface area contributed by atoms with Gasteiger partial charge >= 0.3 is 0 Å². The van der Waals surface area contributed by atoms with E-state index in [4.69, 9.17) is 5.73 Å². The number of para-hydroxylation sites is 1. The quantitative estimate of drug-likeness (QED) is 0.648. The summed E-state index contributed by atoms with van der Waals surface area (Å²) in [5.41, 5.74) is 7.39. The molecule has 1 aromatic carbocycles. The molecule has 0 aliphatic carbocycles. The molecule has 0 bridgehead atoms. The van der Waals surface area contributed by atoms with Crippen LogP contribution in [-0.4, -0.2) is 20.9 Å². The molecule has 6 nitrogen and oxygen atoms in total. The topological polar surface area (TPSA) is 96.7 Å². The third-order valence-corrected chi connectivity index (χ3v) is 2.71. The van der Waals surface area contributed by atoms with Crippen molar-refractivity contribution < 1.29 is 4.79 Å². The fraction of sp³-hybridized carbons (Fsp3) is 0. The number of nitrogen functional groups attached to an aromatic ring is 1. The maximum atomic E-state index is 12.0. The monoisotopic (exact) mass is 253 g/mol. The highest BCUT2D eigenvalue weighted by molar-refractivity contribution is 6.05. The molecule has 19 heavy (non-hydrogen) atoms. The minimum absolute atomic E-state index is 0.257. The highest BCUT2D eigenvalue weighted by atomic mass is 16.2. The Morgan fingerprint density at radius 1 is 1.32 bits per heavy atom. The van der Waals surface area contributed by atoms with Gasteiger partial charge in [-0.15, -0.1) is 0 Å². The van der Waals surface area contributed by atoms with Gasteiger partial charge in [-0.25, -0.2) is 9.97 Å². The fourth-order valence-electron chi connectivity index (χ4n) is 1.82. The number of aromatic nitrogens is 3. The predicted octanol–water partition coefficient (Wildman–Crippen LogP) is 1.79. The first-order chi connectivity index (χ1) is 9.24. The van der Waals surface area contributed by atoms with Crippen LogP contribution >= 0.6 is 0 Å². The minimum atomic E-state index is -0.354. The zero-order chi connectivity index (χ0) is 13.2. The number of pyridine rings is 1. The van der Waals surface area contributed by atoms with Gasteiger partial charge in [0.2, 0.25) is 5.95 Å². The minimum Gasteiger partial charge on any atom is -0.398 e. The molecule has 3 rings (SSSR count). The summed E-state index contributed by atoms with van der Waals surface area (Å²) in [4.78, 5) is 23.0. The van der Waals surface area contributed by atoms with Gasteiger partial charge < -0.3 is 10.7 Å². The van der Waals surface area contributed by atoms with Crippen molar-refractivity contribution in [2.45, 2.75) is 0 Å². The Hall–Kier alpha value is -2.89. The van der Waals surface area contributed by atoms with Crippen molar-refractivity contribution >= 4 is 28.4 Å². The van der Waals surface area contributed by atoms with Crippen LogP contribution < -0.4 is 11.1 Å². The molecular formula is C13H11N5O. The predicted molar refractivity (Wildman–Crippen MR) is 72.7 cm³/mol. The van der Waals surface area contributed by atoms with Crippen molar-refractivity contribution in [1.29, 1.82) is 0 Å². The maximum Gasteiger partial charge on any atom is 0.276 e. The number of nitrogens with one attached hydrogen (secondary N) is 2. The first kappa shape index (κ1) is 11.2. The van der Waals surface area contributed by atoms with Crippen LogP contribution in [0.25, 0.3) is 10.9 Å². The van der Waals surface area contributed by atoms with Crippen molar-refractivity contribution in [2.75, 3.05) is 11.1 Å². The van der Waals surface area contributed by atoms with Crippen LogP contribution in [0.15, 0.2) is 42.7 Å². The normalized spacial score (nSPS) is 10.5. The van der Waals surface area contributed by atoms with Crippen molar-refractivity contribution in [2.24, 2.45) is 0 Å². The summed E-state index contributed by atoms with van der Waals surface area (Å²) in [7, 11) is 0. The molecule has 0 saturated heterocycles. The van der Waals surface area contributed by atoms with Gasteiger partial charge in [-0.05, 0) is 12.1 Å². The van der Waals surface area contributed by atoms with Crippen molar-refractivity contribution in [3.63, 3.8) is 0 Å². The number of carbonyl (C=O) groups excluding carboxylic acids is 1. The number of fused-ring (bicyclic) bond motifs is 1. The van der Waals surface area contributed by atoms with Crippen LogP contribution in [0, 0.1) is 0 Å². The van der Waals surface area contributed by atoms with Crippen molar-refractivity contribution in [3.8, 4) is 0 Å². The zero-order valence-electron chi connectivity index (χ0n) is 9.92. The van der Waals surface area contributed by atoms with E-state index in [-0.39, 0.29) is 11.6 Å². The second kappa shape index (κ2) is 4.41. The third kappa shape index (κ3) is 2.11. The fourth-order valence-corrected chi connectivity index (χ4v) is 1.82. The second-order valence-electron chi connectivity index (χ2n) is 4.01. The molecule has 0 radical (unpaired) electrons. The number of rotatable bonds is 2. The Bertz CT molecular complexity index is 736. The molecule has 4 N–H and O–H groups in total. The molecule has 0 aliphatic heterocycles. The maximum absolute atomic E-state index is 12.0. The van der Waals surface area contributed by atoms with Gasteiger partial charge in [-0.2, -0.15) is 0 Å². The van der Waals surface area contributed by atoms with Gasteiger partial charge in [-0.3, -0.25) is 10.1 Å². The van der Waals surface area contributed by atoms with E-state index in [1.807, 2.05) is 24.3 Å². The Morgan fingerprint density at radius 2 is 2.16 bits per heavy atom. The lowest BCUT2D eigenvalue weighted by Gasteiger charge is -2.05. The van der Waals surface area contributed by atoms with E-state index in [0.717, 1.165) is 5.39 Å². The lowest BCUT2D eigenvalue weighted by molar-refractivity contribution is 0.102. The second-order valence-corrected chi connectivity index (χ2v) is 4.01. The van der Waals surface area contributed by atoms with Crippen LogP contribution in [0.3, 0.4) is 0 Å². The van der Waals surface area contributed by atoms with Crippen LogP contribution in [0.5, 0.6) is 0 Å². The van der Waals surface area contributed by atoms with E-state index >= 15 is 0 Å². The van der Waals surface area contributed by atoms with Crippen LogP contribution in [-0.2, 0) is 0 Å². The number of anilines is 2. The first-order valence-corrected chi connectivity index (χ1v) is 5.70. The average Bonchev–Trinajstić information content (AvgIpc) is 2.91. The molecule has 3 aromatic rings. The van der Waals surface area contributed by atoms with Gasteiger partial charge in [0.05, 0.1) is 5.52 Å². The molecule has 0 spiro atoms. The third-order valence-electron chi connectivity index (χ3n) is 2.71. The molecule has 0 unspecified atom stereocenters. The number of hydrogen-bond acceptors (Lipinski definition) is 4. The van der Waals surface area contributed by atoms with Crippen molar-refractivity contribution in [3.05, 3.63) is 48.4 Å². The lowest BCUT2D eigenvalue weighted by Crippen LogP contribution is -2.15. The van der Waals surface area contributed by atoms with E-state index in [1.165, 1.54) is 0 Å². The number of hydrogen-bond donors (Lipinski definition) is 3. The molecular weight excluding hydrogens is 242 g/mol. The van der Waals surface area contributed by atoms with E-state index in [0.29, 0.717) is 17.2 Å². The van der Waals surface area contributed by atoms with Crippen LogP contribution in [0.1, 0.15) is 10.5 Å². The summed E-state index contributed by atoms with van der Waals surface area (Å²) in [6.07, 6.45) is 3.18. The molecule has 94 valence electrons. The Labute approximate surface area is 108 Å². The molecule has 0 atom stereocenters. The SMILES string of the molecule is Nc1cc(C(=O)Nc2ncc[nH]2)nc2ccccc12. The Morgan fingerprint density at radius 3 is 2.95 bits per heavy atom. The summed E-state index contributed by atoms with van der Waals surface area (Å²) in [6.45, 7) is 0. The van der Waals surface area contributed by atoms with Gasteiger partial charge in [0.15, 0.2) is 0 Å². The number of amides is 1. The summed E-state index contributed by atoms with van der Waals surface area (Å²) in [6, 6.07) is 8.97. The number of nitrogens with zero attached hydrogens (tertiary/aromatic N) is 2. The molecule has 2 aromatic heterocycles. The van der Waals surface area contributed by atoms with Crippen molar-refractivity contribution in [1.82, 2.24) is 15.0 Å². The van der Waals surface area contributed by atoms with E-state index in [2.05, 4.69) is 20.3 Å². The van der Waals surface area contributed by atoms with Crippen LogP contribution in [0.2, 0.25) is 0 Å². The molecule has 0 fully saturated rings. The van der Waals surface area contributed by atoms with Gasteiger partial charge in [0.1, 0.15) is 5.69 Å². The number of aromatic amines is 1. The largest absolute Gasteiger partial charge is 0.398 e. The summed E-state index contributed by atoms with van der Waals surface area (Å²) in [5, 5.41) is 3.44. The summed E-state index contributed by atoms with van der Waals surface area (Å²) in [5.74, 6) is 0.0194. The Kier molecular flexibility index (Phi) is 2.60. The van der Waals surface area contributed by atoms with Crippen LogP contribution in [0.4, 0.5) is 11.6 Å². The standard InChI is InChI=1S/C13H11N5O/c14-9-7-11(12(19)18-13-15-5-6-16-13)17-10-4-2-1-3-8(9)10/h1-7H,(H2,14,17)(H2,15,16,18,19). The first-order valence-electron chi connectivity index (χ1n) is 5.70. The summed E-state index contributed by atoms with van der Waals surface area (Å²) >= 11 is 0. The lowest BCUT2D eigenvalue weighted by atomic mass is 10.1. The smallest absolute Gasteiger partial charge is 0.276 e. The molecule has 2 heterocycles. The molecule has 1 amide bonds. The molecule has 0 aliphatic rings. The molecule has 0 saturated carbocycles. The number of nitrogens with two attached hydrogens (primary N) is 1. The zero-order valence-corrected chi connectivity index (χ0v) is 9.92. The van der Waals surface area contributed by atoms with Gasteiger partial charge in [0.25, 0.3) is 5.91 Å². The number of benzene rings is 1. The van der Waals surface area contributed by atoms with E-state index in [9.17, 15) is 4.79 Å². The summed E-state index contributed by atoms with van der Waals surface area (Å²) < 4.78 is 0. The number of H-pyrrole nitrogens is 1. The highest BCUT2D eigenvalue weighted by Gasteiger charge is 2.11. The van der Waals surface area contributed by atoms with E-state index in [1.54, 1.807) is 18.5 Å². The average molecular weight is 253 g/mol.